The topological polar surface area (TPSA) is 63.7 Å². The minimum Gasteiger partial charge on any atom is -0.493 e. The molecule has 1 N–H and O–H groups in total. The average Bonchev–Trinajstić information content (AvgIpc) is 2.80. The van der Waals surface area contributed by atoms with E-state index in [-0.39, 0.29) is 23.8 Å². The van der Waals surface area contributed by atoms with Crippen LogP contribution in [0, 0.1) is 0 Å². The first kappa shape index (κ1) is 23.7. The summed E-state index contributed by atoms with van der Waals surface area (Å²) >= 11 is 0. The molecule has 1 aliphatic rings. The minimum absolute atomic E-state index is 0.0137. The van der Waals surface area contributed by atoms with Crippen molar-refractivity contribution in [1.29, 1.82) is 0 Å². The Labute approximate surface area is 185 Å². The molecular formula is C23H28F3N3O3. The van der Waals surface area contributed by atoms with Gasteiger partial charge in [-0.2, -0.15) is 13.2 Å². The van der Waals surface area contributed by atoms with Gasteiger partial charge in [0.15, 0.2) is 18.1 Å². The number of aromatic nitrogens is 1. The zero-order chi connectivity index (χ0) is 23.0. The van der Waals surface area contributed by atoms with Crippen molar-refractivity contribution in [3.05, 3.63) is 47.7 Å². The van der Waals surface area contributed by atoms with Crippen molar-refractivity contribution in [1.82, 2.24) is 10.3 Å². The third-order valence-electron chi connectivity index (χ3n) is 5.26. The van der Waals surface area contributed by atoms with E-state index in [1.165, 1.54) is 19.6 Å². The third kappa shape index (κ3) is 7.03. The molecule has 3 rings (SSSR count). The van der Waals surface area contributed by atoms with Crippen LogP contribution in [-0.2, 0) is 17.8 Å². The molecule has 0 spiro atoms. The summed E-state index contributed by atoms with van der Waals surface area (Å²) < 4.78 is 47.0. The summed E-state index contributed by atoms with van der Waals surface area (Å²) in [4.78, 5) is 19.2. The quantitative estimate of drug-likeness (QED) is 0.617. The van der Waals surface area contributed by atoms with Gasteiger partial charge in [0, 0.05) is 37.8 Å². The standard InChI is InChI=1S/C23H28F3N3O3/c1-31-20-14-17(7-9-19(20)32-16-23(24,25)26)8-10-21(30)28-15-18-6-5-11-27-22(18)29-12-3-2-4-13-29/h5-7,9,11,14H,2-4,8,10,12-13,15-16H2,1H3,(H,28,30). The number of nitrogens with one attached hydrogen (secondary N) is 1. The highest BCUT2D eigenvalue weighted by molar-refractivity contribution is 5.76. The lowest BCUT2D eigenvalue weighted by Crippen LogP contribution is -2.32. The third-order valence-corrected chi connectivity index (χ3v) is 5.26. The van der Waals surface area contributed by atoms with Gasteiger partial charge in [-0.05, 0) is 49.4 Å². The minimum atomic E-state index is -4.43. The summed E-state index contributed by atoms with van der Waals surface area (Å²) in [6.07, 6.45) is 1.53. The first-order chi connectivity index (χ1) is 15.4. The lowest BCUT2D eigenvalue weighted by atomic mass is 10.1. The number of alkyl halides is 3. The van der Waals surface area contributed by atoms with Gasteiger partial charge >= 0.3 is 6.18 Å². The van der Waals surface area contributed by atoms with E-state index in [2.05, 4.69) is 15.2 Å². The first-order valence-corrected chi connectivity index (χ1v) is 10.7. The second kappa shape index (κ2) is 11.1. The maximum atomic E-state index is 12.4. The van der Waals surface area contributed by atoms with Crippen LogP contribution in [-0.4, -0.2) is 43.9 Å². The number of piperidine rings is 1. The van der Waals surface area contributed by atoms with Gasteiger partial charge in [-0.1, -0.05) is 12.1 Å². The van der Waals surface area contributed by atoms with Crippen molar-refractivity contribution in [2.45, 2.75) is 44.8 Å². The monoisotopic (exact) mass is 451 g/mol. The Balaban J connectivity index is 1.52. The molecule has 1 saturated heterocycles. The van der Waals surface area contributed by atoms with E-state index in [0.29, 0.717) is 13.0 Å². The molecular weight excluding hydrogens is 423 g/mol. The molecule has 0 bridgehead atoms. The van der Waals surface area contributed by atoms with Gasteiger partial charge in [0.25, 0.3) is 0 Å². The van der Waals surface area contributed by atoms with Crippen molar-refractivity contribution >= 4 is 11.7 Å². The maximum absolute atomic E-state index is 12.4. The number of ether oxygens (including phenoxy) is 2. The predicted molar refractivity (Wildman–Crippen MR) is 115 cm³/mol. The Hall–Kier alpha value is -2.97. The van der Waals surface area contributed by atoms with Gasteiger partial charge in [0.1, 0.15) is 5.82 Å². The Morgan fingerprint density at radius 2 is 1.94 bits per heavy atom. The SMILES string of the molecule is COc1cc(CCC(=O)NCc2cccnc2N2CCCCC2)ccc1OCC(F)(F)F. The molecule has 2 heterocycles. The van der Waals surface area contributed by atoms with E-state index in [1.807, 2.05) is 12.1 Å². The van der Waals surface area contributed by atoms with Crippen LogP contribution in [0.3, 0.4) is 0 Å². The van der Waals surface area contributed by atoms with Crippen LogP contribution < -0.4 is 19.7 Å². The van der Waals surface area contributed by atoms with E-state index in [9.17, 15) is 18.0 Å². The van der Waals surface area contributed by atoms with Gasteiger partial charge in [-0.25, -0.2) is 4.98 Å². The number of halogens is 3. The van der Waals surface area contributed by atoms with Gasteiger partial charge in [-0.3, -0.25) is 4.79 Å². The number of hydrogen-bond donors (Lipinski definition) is 1. The highest BCUT2D eigenvalue weighted by Gasteiger charge is 2.29. The van der Waals surface area contributed by atoms with Gasteiger partial charge in [-0.15, -0.1) is 0 Å². The van der Waals surface area contributed by atoms with E-state index in [4.69, 9.17) is 9.47 Å². The fourth-order valence-corrected chi connectivity index (χ4v) is 3.65. The Bertz CT molecular complexity index is 900. The second-order valence-electron chi connectivity index (χ2n) is 7.70. The zero-order valence-corrected chi connectivity index (χ0v) is 18.1. The smallest absolute Gasteiger partial charge is 0.422 e. The van der Waals surface area contributed by atoms with Crippen LogP contribution in [0.25, 0.3) is 0 Å². The summed E-state index contributed by atoms with van der Waals surface area (Å²) in [6.45, 7) is 0.954. The van der Waals surface area contributed by atoms with Crippen LogP contribution in [0.2, 0.25) is 0 Å². The average molecular weight is 451 g/mol. The molecule has 1 aliphatic heterocycles. The van der Waals surface area contributed by atoms with E-state index < -0.39 is 12.8 Å². The zero-order valence-electron chi connectivity index (χ0n) is 18.1. The van der Waals surface area contributed by atoms with Crippen LogP contribution in [0.5, 0.6) is 11.5 Å². The summed E-state index contributed by atoms with van der Waals surface area (Å²) in [5.74, 6) is 1.02. The number of rotatable bonds is 9. The molecule has 6 nitrogen and oxygen atoms in total. The second-order valence-corrected chi connectivity index (χ2v) is 7.70. The fourth-order valence-electron chi connectivity index (χ4n) is 3.65. The van der Waals surface area contributed by atoms with Gasteiger partial charge in [0.2, 0.25) is 5.91 Å². The van der Waals surface area contributed by atoms with Crippen molar-refractivity contribution in [2.75, 3.05) is 31.7 Å². The number of hydrogen-bond acceptors (Lipinski definition) is 5. The molecule has 174 valence electrons. The van der Waals surface area contributed by atoms with Crippen molar-refractivity contribution < 1.29 is 27.4 Å². The number of methoxy groups -OCH3 is 1. The normalized spacial score (nSPS) is 14.2. The molecule has 1 aromatic carbocycles. The van der Waals surface area contributed by atoms with Crippen molar-refractivity contribution in [2.24, 2.45) is 0 Å². The van der Waals surface area contributed by atoms with Gasteiger partial charge < -0.3 is 19.7 Å². The summed E-state index contributed by atoms with van der Waals surface area (Å²) in [5, 5.41) is 2.94. The number of amides is 1. The molecule has 1 amide bonds. The summed E-state index contributed by atoms with van der Waals surface area (Å²) in [6, 6.07) is 8.50. The molecule has 1 aromatic heterocycles. The van der Waals surface area contributed by atoms with Crippen LogP contribution in [0.15, 0.2) is 36.5 Å². The molecule has 0 aliphatic carbocycles. The Morgan fingerprint density at radius 3 is 2.66 bits per heavy atom. The summed E-state index contributed by atoms with van der Waals surface area (Å²) in [7, 11) is 1.36. The Morgan fingerprint density at radius 1 is 1.16 bits per heavy atom. The summed E-state index contributed by atoms with van der Waals surface area (Å²) in [5.41, 5.74) is 1.75. The Kier molecular flexibility index (Phi) is 8.19. The number of nitrogens with zero attached hydrogens (tertiary/aromatic N) is 2. The van der Waals surface area contributed by atoms with E-state index >= 15 is 0 Å². The molecule has 0 saturated carbocycles. The molecule has 0 atom stereocenters. The maximum Gasteiger partial charge on any atom is 0.422 e. The van der Waals surface area contributed by atoms with Crippen molar-refractivity contribution in [3.8, 4) is 11.5 Å². The largest absolute Gasteiger partial charge is 0.493 e. The number of carbonyl (C=O) groups is 1. The lowest BCUT2D eigenvalue weighted by Gasteiger charge is -2.29. The van der Waals surface area contributed by atoms with Crippen LogP contribution >= 0.6 is 0 Å². The highest BCUT2D eigenvalue weighted by Crippen LogP contribution is 2.30. The number of anilines is 1. The highest BCUT2D eigenvalue weighted by atomic mass is 19.4. The molecule has 0 radical (unpaired) electrons. The fraction of sp³-hybridized carbons (Fsp3) is 0.478. The lowest BCUT2D eigenvalue weighted by molar-refractivity contribution is -0.153. The predicted octanol–water partition coefficient (Wildman–Crippen LogP) is 4.27. The molecule has 0 unspecified atom stereocenters. The van der Waals surface area contributed by atoms with Crippen LogP contribution in [0.1, 0.15) is 36.8 Å². The molecule has 2 aromatic rings. The number of benzene rings is 1. The molecule has 32 heavy (non-hydrogen) atoms. The first-order valence-electron chi connectivity index (χ1n) is 10.7. The number of aryl methyl sites for hydroxylation is 1. The molecule has 1 fully saturated rings. The van der Waals surface area contributed by atoms with E-state index in [0.717, 1.165) is 42.9 Å². The van der Waals surface area contributed by atoms with Crippen LogP contribution in [0.4, 0.5) is 19.0 Å². The van der Waals surface area contributed by atoms with Crippen molar-refractivity contribution in [3.63, 3.8) is 0 Å². The van der Waals surface area contributed by atoms with E-state index in [1.54, 1.807) is 18.3 Å². The number of pyridine rings is 1. The number of carbonyl (C=O) groups excluding carboxylic acids is 1. The molecule has 9 heteroatoms. The van der Waals surface area contributed by atoms with Gasteiger partial charge in [0.05, 0.1) is 7.11 Å².